The summed E-state index contributed by atoms with van der Waals surface area (Å²) in [4.78, 5) is 11.9. The number of halogens is 1. The first-order valence-corrected chi connectivity index (χ1v) is 5.99. The molecule has 3 N–H and O–H groups in total. The first-order valence-electron chi connectivity index (χ1n) is 5.99. The molecule has 1 unspecified atom stereocenters. The molecule has 98 valence electrons. The zero-order valence-electron chi connectivity index (χ0n) is 11.0. The Morgan fingerprint density at radius 2 is 1.94 bits per heavy atom. The van der Waals surface area contributed by atoms with Crippen molar-refractivity contribution >= 4 is 18.3 Å². The second-order valence-electron chi connectivity index (χ2n) is 4.82. The van der Waals surface area contributed by atoms with Crippen molar-refractivity contribution in [1.29, 1.82) is 0 Å². The van der Waals surface area contributed by atoms with Crippen LogP contribution in [0.3, 0.4) is 0 Å². The fourth-order valence-electron chi connectivity index (χ4n) is 1.46. The van der Waals surface area contributed by atoms with E-state index in [4.69, 9.17) is 5.73 Å². The molecular formula is C12H27ClN2O. The van der Waals surface area contributed by atoms with E-state index >= 15 is 0 Å². The highest BCUT2D eigenvalue weighted by Crippen LogP contribution is 2.14. The van der Waals surface area contributed by atoms with Crippen LogP contribution in [0, 0.1) is 5.92 Å². The smallest absolute Gasteiger partial charge is 0.223 e. The molecule has 0 fully saturated rings. The Balaban J connectivity index is 0. The van der Waals surface area contributed by atoms with E-state index in [1.165, 1.54) is 0 Å². The average molecular weight is 251 g/mol. The van der Waals surface area contributed by atoms with Crippen molar-refractivity contribution < 1.29 is 4.79 Å². The molecule has 0 aromatic carbocycles. The van der Waals surface area contributed by atoms with E-state index in [1.54, 1.807) is 0 Å². The van der Waals surface area contributed by atoms with Gasteiger partial charge < -0.3 is 11.1 Å². The van der Waals surface area contributed by atoms with Crippen LogP contribution in [-0.4, -0.2) is 18.0 Å². The second kappa shape index (κ2) is 8.82. The third-order valence-corrected chi connectivity index (χ3v) is 2.74. The molecule has 0 aromatic rings. The standard InChI is InChI=1S/C12H26N2O.ClH/c1-5-7-8-10(6-2)11(15)14-12(3,4)9-13;/h10H,5-9,13H2,1-4H3,(H,14,15);1H. The summed E-state index contributed by atoms with van der Waals surface area (Å²) in [6.45, 7) is 8.60. The second-order valence-corrected chi connectivity index (χ2v) is 4.82. The van der Waals surface area contributed by atoms with Crippen LogP contribution in [0.15, 0.2) is 0 Å². The Morgan fingerprint density at radius 1 is 1.38 bits per heavy atom. The minimum atomic E-state index is -0.281. The minimum Gasteiger partial charge on any atom is -0.350 e. The number of unbranched alkanes of at least 4 members (excludes halogenated alkanes) is 1. The van der Waals surface area contributed by atoms with Gasteiger partial charge in [-0.2, -0.15) is 0 Å². The minimum absolute atomic E-state index is 0. The molecule has 0 bridgehead atoms. The first kappa shape index (κ1) is 18.1. The number of carbonyl (C=O) groups excluding carboxylic acids is 1. The van der Waals surface area contributed by atoms with E-state index in [0.29, 0.717) is 6.54 Å². The van der Waals surface area contributed by atoms with Gasteiger partial charge in [-0.15, -0.1) is 12.4 Å². The number of amides is 1. The van der Waals surface area contributed by atoms with Gasteiger partial charge in [-0.3, -0.25) is 4.79 Å². The van der Waals surface area contributed by atoms with Crippen LogP contribution in [0.4, 0.5) is 0 Å². The monoisotopic (exact) mass is 250 g/mol. The van der Waals surface area contributed by atoms with E-state index in [9.17, 15) is 4.79 Å². The van der Waals surface area contributed by atoms with Gasteiger partial charge in [0.05, 0.1) is 0 Å². The highest BCUT2D eigenvalue weighted by atomic mass is 35.5. The molecule has 0 aliphatic heterocycles. The normalized spacial score (nSPS) is 12.8. The summed E-state index contributed by atoms with van der Waals surface area (Å²) in [5.74, 6) is 0.303. The maximum absolute atomic E-state index is 11.9. The lowest BCUT2D eigenvalue weighted by Crippen LogP contribution is -2.50. The lowest BCUT2D eigenvalue weighted by Gasteiger charge is -2.27. The summed E-state index contributed by atoms with van der Waals surface area (Å²) in [6, 6.07) is 0. The summed E-state index contributed by atoms with van der Waals surface area (Å²) < 4.78 is 0. The predicted molar refractivity (Wildman–Crippen MR) is 71.8 cm³/mol. The molecule has 3 nitrogen and oxygen atoms in total. The van der Waals surface area contributed by atoms with Crippen LogP contribution in [0.25, 0.3) is 0 Å². The largest absolute Gasteiger partial charge is 0.350 e. The molecule has 0 spiro atoms. The van der Waals surface area contributed by atoms with Crippen LogP contribution in [-0.2, 0) is 4.79 Å². The summed E-state index contributed by atoms with van der Waals surface area (Å²) >= 11 is 0. The number of nitrogens with one attached hydrogen (secondary N) is 1. The SMILES string of the molecule is CCCCC(CC)C(=O)NC(C)(C)CN.Cl. The number of carbonyl (C=O) groups is 1. The topological polar surface area (TPSA) is 55.1 Å². The Hall–Kier alpha value is -0.280. The highest BCUT2D eigenvalue weighted by Gasteiger charge is 2.23. The Morgan fingerprint density at radius 3 is 2.31 bits per heavy atom. The lowest BCUT2D eigenvalue weighted by atomic mass is 9.96. The third kappa shape index (κ3) is 7.07. The van der Waals surface area contributed by atoms with Crippen molar-refractivity contribution in [2.75, 3.05) is 6.54 Å². The number of nitrogens with two attached hydrogens (primary N) is 1. The zero-order chi connectivity index (χ0) is 11.9. The van der Waals surface area contributed by atoms with Crippen molar-refractivity contribution in [2.45, 2.75) is 58.9 Å². The van der Waals surface area contributed by atoms with E-state index in [1.807, 2.05) is 13.8 Å². The van der Waals surface area contributed by atoms with Gasteiger partial charge in [0.1, 0.15) is 0 Å². The predicted octanol–water partition coefficient (Wildman–Crippen LogP) is 2.48. The molecular weight excluding hydrogens is 224 g/mol. The van der Waals surface area contributed by atoms with Crippen LogP contribution in [0.5, 0.6) is 0 Å². The van der Waals surface area contributed by atoms with Crippen LogP contribution in [0.1, 0.15) is 53.4 Å². The van der Waals surface area contributed by atoms with Crippen LogP contribution in [0.2, 0.25) is 0 Å². The Bertz CT molecular complexity index is 195. The fraction of sp³-hybridized carbons (Fsp3) is 0.917. The van der Waals surface area contributed by atoms with Gasteiger partial charge in [0, 0.05) is 18.0 Å². The molecule has 1 atom stereocenters. The maximum atomic E-state index is 11.9. The van der Waals surface area contributed by atoms with Gasteiger partial charge in [0.2, 0.25) is 5.91 Å². The summed E-state index contributed by atoms with van der Waals surface area (Å²) in [5, 5.41) is 3.00. The van der Waals surface area contributed by atoms with Gasteiger partial charge in [-0.05, 0) is 26.7 Å². The lowest BCUT2D eigenvalue weighted by molar-refractivity contribution is -0.126. The molecule has 16 heavy (non-hydrogen) atoms. The van der Waals surface area contributed by atoms with Gasteiger partial charge in [-0.1, -0.05) is 26.7 Å². The summed E-state index contributed by atoms with van der Waals surface area (Å²) in [7, 11) is 0. The van der Waals surface area contributed by atoms with Gasteiger partial charge in [0.15, 0.2) is 0 Å². The van der Waals surface area contributed by atoms with E-state index in [2.05, 4.69) is 19.2 Å². The van der Waals surface area contributed by atoms with Crippen molar-refractivity contribution in [2.24, 2.45) is 11.7 Å². The molecule has 0 heterocycles. The molecule has 0 rings (SSSR count). The molecule has 0 saturated carbocycles. The van der Waals surface area contributed by atoms with E-state index < -0.39 is 0 Å². The molecule has 0 radical (unpaired) electrons. The molecule has 4 heteroatoms. The van der Waals surface area contributed by atoms with Gasteiger partial charge in [-0.25, -0.2) is 0 Å². The van der Waals surface area contributed by atoms with E-state index in [0.717, 1.165) is 25.7 Å². The van der Waals surface area contributed by atoms with Gasteiger partial charge in [0.25, 0.3) is 0 Å². The fourth-order valence-corrected chi connectivity index (χ4v) is 1.46. The van der Waals surface area contributed by atoms with Crippen molar-refractivity contribution in [1.82, 2.24) is 5.32 Å². The zero-order valence-corrected chi connectivity index (χ0v) is 11.8. The quantitative estimate of drug-likeness (QED) is 0.730. The Labute approximate surface area is 106 Å². The van der Waals surface area contributed by atoms with Gasteiger partial charge >= 0.3 is 0 Å². The molecule has 0 aliphatic carbocycles. The first-order chi connectivity index (χ1) is 6.96. The van der Waals surface area contributed by atoms with Crippen LogP contribution >= 0.6 is 12.4 Å². The van der Waals surface area contributed by atoms with Crippen molar-refractivity contribution in [3.63, 3.8) is 0 Å². The molecule has 0 saturated heterocycles. The average Bonchev–Trinajstić information content (AvgIpc) is 2.18. The van der Waals surface area contributed by atoms with Crippen LogP contribution < -0.4 is 11.1 Å². The number of hydrogen-bond donors (Lipinski definition) is 2. The summed E-state index contributed by atoms with van der Waals surface area (Å²) in [5.41, 5.74) is 5.30. The third-order valence-electron chi connectivity index (χ3n) is 2.74. The molecule has 1 amide bonds. The number of hydrogen-bond acceptors (Lipinski definition) is 2. The number of rotatable bonds is 7. The Kier molecular flexibility index (Phi) is 9.98. The van der Waals surface area contributed by atoms with Crippen molar-refractivity contribution in [3.8, 4) is 0 Å². The van der Waals surface area contributed by atoms with Crippen molar-refractivity contribution in [3.05, 3.63) is 0 Å². The highest BCUT2D eigenvalue weighted by molar-refractivity contribution is 5.85. The summed E-state index contributed by atoms with van der Waals surface area (Å²) in [6.07, 6.45) is 4.16. The molecule has 0 aromatic heterocycles. The molecule has 0 aliphatic rings. The van der Waals surface area contributed by atoms with E-state index in [-0.39, 0.29) is 29.8 Å². The maximum Gasteiger partial charge on any atom is 0.223 e.